The van der Waals surface area contributed by atoms with Gasteiger partial charge in [0.2, 0.25) is 5.28 Å². The Morgan fingerprint density at radius 3 is 2.69 bits per heavy atom. The van der Waals surface area contributed by atoms with Crippen LogP contribution < -0.4 is 0 Å². The second-order valence-electron chi connectivity index (χ2n) is 2.31. The van der Waals surface area contributed by atoms with E-state index >= 15 is 0 Å². The summed E-state index contributed by atoms with van der Waals surface area (Å²) in [5, 5.41) is 10.3. The molecule has 0 radical (unpaired) electrons. The third-order valence-corrected chi connectivity index (χ3v) is 1.75. The quantitative estimate of drug-likeness (QED) is 0.697. The lowest BCUT2D eigenvalue weighted by molar-refractivity contribution is 0.607. The van der Waals surface area contributed by atoms with Crippen molar-refractivity contribution in [3.05, 3.63) is 35.4 Å². The maximum Gasteiger partial charge on any atom is 0.248 e. The van der Waals surface area contributed by atoms with E-state index in [9.17, 15) is 4.39 Å². The SMILES string of the molecule is Fc1ccccc1-n1nnnc1Cl. The van der Waals surface area contributed by atoms with E-state index in [4.69, 9.17) is 11.6 Å². The second kappa shape index (κ2) is 3.10. The number of hydrogen-bond donors (Lipinski definition) is 0. The second-order valence-corrected chi connectivity index (χ2v) is 2.65. The zero-order valence-electron chi connectivity index (χ0n) is 6.35. The normalized spacial score (nSPS) is 10.3. The molecular formula is C7H4ClFN4. The van der Waals surface area contributed by atoms with Crippen LogP contribution in [-0.2, 0) is 0 Å². The fourth-order valence-corrected chi connectivity index (χ4v) is 1.11. The van der Waals surface area contributed by atoms with Crippen LogP contribution in [0.25, 0.3) is 5.69 Å². The number of aromatic nitrogens is 4. The first-order chi connectivity index (χ1) is 6.29. The summed E-state index contributed by atoms with van der Waals surface area (Å²) in [6, 6.07) is 6.11. The Bertz CT molecular complexity index is 428. The summed E-state index contributed by atoms with van der Waals surface area (Å²) in [4.78, 5) is 0. The number of halogens is 2. The summed E-state index contributed by atoms with van der Waals surface area (Å²) in [5.74, 6) is -0.420. The van der Waals surface area contributed by atoms with E-state index in [2.05, 4.69) is 15.5 Å². The summed E-state index contributed by atoms with van der Waals surface area (Å²) in [7, 11) is 0. The molecule has 1 heterocycles. The molecule has 66 valence electrons. The predicted molar refractivity (Wildman–Crippen MR) is 44.1 cm³/mol. The highest BCUT2D eigenvalue weighted by atomic mass is 35.5. The van der Waals surface area contributed by atoms with Crippen LogP contribution in [0.4, 0.5) is 4.39 Å². The summed E-state index contributed by atoms with van der Waals surface area (Å²) >= 11 is 5.61. The van der Waals surface area contributed by atoms with Crippen LogP contribution in [0.1, 0.15) is 0 Å². The van der Waals surface area contributed by atoms with Crippen molar-refractivity contribution in [2.75, 3.05) is 0 Å². The minimum Gasteiger partial charge on any atom is -0.205 e. The molecule has 0 saturated heterocycles. The van der Waals surface area contributed by atoms with Crippen molar-refractivity contribution in [3.63, 3.8) is 0 Å². The van der Waals surface area contributed by atoms with Gasteiger partial charge in [-0.1, -0.05) is 17.2 Å². The predicted octanol–water partition coefficient (Wildman–Crippen LogP) is 1.45. The molecule has 0 fully saturated rings. The van der Waals surface area contributed by atoms with E-state index in [-0.39, 0.29) is 11.0 Å². The lowest BCUT2D eigenvalue weighted by Gasteiger charge is -2.00. The van der Waals surface area contributed by atoms with Crippen molar-refractivity contribution in [2.45, 2.75) is 0 Å². The smallest absolute Gasteiger partial charge is 0.205 e. The molecule has 0 spiro atoms. The van der Waals surface area contributed by atoms with Gasteiger partial charge >= 0.3 is 0 Å². The van der Waals surface area contributed by atoms with Gasteiger partial charge < -0.3 is 0 Å². The van der Waals surface area contributed by atoms with Crippen molar-refractivity contribution in [2.24, 2.45) is 0 Å². The molecule has 1 aromatic heterocycles. The van der Waals surface area contributed by atoms with Gasteiger partial charge in [-0.2, -0.15) is 4.68 Å². The molecule has 6 heteroatoms. The first-order valence-corrected chi connectivity index (χ1v) is 3.85. The number of hydrogen-bond acceptors (Lipinski definition) is 3. The molecule has 0 aliphatic heterocycles. The first kappa shape index (κ1) is 8.12. The Balaban J connectivity index is 2.59. The van der Waals surface area contributed by atoms with Gasteiger partial charge in [-0.15, -0.1) is 0 Å². The molecule has 0 saturated carbocycles. The number of tetrazole rings is 1. The minimum absolute atomic E-state index is 0.0325. The van der Waals surface area contributed by atoms with E-state index in [1.54, 1.807) is 12.1 Å². The first-order valence-electron chi connectivity index (χ1n) is 3.48. The molecule has 0 unspecified atom stereocenters. The van der Waals surface area contributed by atoms with E-state index in [1.807, 2.05) is 0 Å². The molecule has 2 rings (SSSR count). The summed E-state index contributed by atoms with van der Waals surface area (Å²) in [5.41, 5.74) is 0.234. The monoisotopic (exact) mass is 198 g/mol. The fraction of sp³-hybridized carbons (Fsp3) is 0. The van der Waals surface area contributed by atoms with E-state index < -0.39 is 5.82 Å². The molecule has 4 nitrogen and oxygen atoms in total. The van der Waals surface area contributed by atoms with Gasteiger partial charge in [0.25, 0.3) is 0 Å². The average Bonchev–Trinajstić information content (AvgIpc) is 2.52. The molecule has 0 N–H and O–H groups in total. The van der Waals surface area contributed by atoms with Gasteiger partial charge in [0.1, 0.15) is 11.5 Å². The number of benzene rings is 1. The average molecular weight is 199 g/mol. The van der Waals surface area contributed by atoms with Gasteiger partial charge in [-0.25, -0.2) is 4.39 Å². The van der Waals surface area contributed by atoms with Gasteiger partial charge in [-0.05, 0) is 34.2 Å². The highest BCUT2D eigenvalue weighted by Gasteiger charge is 2.08. The summed E-state index contributed by atoms with van der Waals surface area (Å²) in [6.07, 6.45) is 0. The van der Waals surface area contributed by atoms with Crippen LogP contribution in [-0.4, -0.2) is 20.2 Å². The molecule has 1 aromatic carbocycles. The van der Waals surface area contributed by atoms with Crippen molar-refractivity contribution >= 4 is 11.6 Å². The Labute approximate surface area is 77.9 Å². The van der Waals surface area contributed by atoms with Crippen molar-refractivity contribution < 1.29 is 4.39 Å². The summed E-state index contributed by atoms with van der Waals surface area (Å²) < 4.78 is 14.3. The lowest BCUT2D eigenvalue weighted by atomic mass is 10.3. The van der Waals surface area contributed by atoms with Crippen LogP contribution in [0.15, 0.2) is 24.3 Å². The maximum atomic E-state index is 13.2. The highest BCUT2D eigenvalue weighted by Crippen LogP contribution is 2.14. The Morgan fingerprint density at radius 1 is 1.31 bits per heavy atom. The van der Waals surface area contributed by atoms with E-state index in [0.29, 0.717) is 0 Å². The third kappa shape index (κ3) is 1.38. The van der Waals surface area contributed by atoms with E-state index in [1.165, 1.54) is 12.1 Å². The Hall–Kier alpha value is -1.49. The standard InChI is InChI=1S/C7H4ClFN4/c8-7-10-11-12-13(7)6-4-2-1-3-5(6)9/h1-4H. The minimum atomic E-state index is -0.420. The fourth-order valence-electron chi connectivity index (χ4n) is 0.947. The highest BCUT2D eigenvalue weighted by molar-refractivity contribution is 6.28. The Kier molecular flexibility index (Phi) is 1.94. The number of rotatable bonds is 1. The van der Waals surface area contributed by atoms with Crippen molar-refractivity contribution in [1.29, 1.82) is 0 Å². The number of para-hydroxylation sites is 1. The van der Waals surface area contributed by atoms with Gasteiger partial charge in [-0.3, -0.25) is 0 Å². The molecular weight excluding hydrogens is 195 g/mol. The molecule has 13 heavy (non-hydrogen) atoms. The maximum absolute atomic E-state index is 13.2. The molecule has 0 atom stereocenters. The van der Waals surface area contributed by atoms with Gasteiger partial charge in [0, 0.05) is 0 Å². The molecule has 2 aromatic rings. The largest absolute Gasteiger partial charge is 0.248 e. The molecule has 0 amide bonds. The van der Waals surface area contributed by atoms with Crippen LogP contribution in [0, 0.1) is 5.82 Å². The van der Waals surface area contributed by atoms with E-state index in [0.717, 1.165) is 4.68 Å². The zero-order valence-corrected chi connectivity index (χ0v) is 7.11. The van der Waals surface area contributed by atoms with Crippen molar-refractivity contribution in [3.8, 4) is 5.69 Å². The molecule has 0 aliphatic rings. The molecule has 0 aliphatic carbocycles. The molecule has 0 bridgehead atoms. The lowest BCUT2D eigenvalue weighted by Crippen LogP contribution is -1.99. The third-order valence-electron chi connectivity index (χ3n) is 1.51. The summed E-state index contributed by atoms with van der Waals surface area (Å²) in [6.45, 7) is 0. The van der Waals surface area contributed by atoms with Crippen molar-refractivity contribution in [1.82, 2.24) is 20.2 Å². The van der Waals surface area contributed by atoms with Crippen LogP contribution in [0.5, 0.6) is 0 Å². The van der Waals surface area contributed by atoms with Crippen LogP contribution in [0.2, 0.25) is 5.28 Å². The number of nitrogens with zero attached hydrogens (tertiary/aromatic N) is 4. The van der Waals surface area contributed by atoms with Gasteiger partial charge in [0.15, 0.2) is 0 Å². The van der Waals surface area contributed by atoms with Crippen LogP contribution in [0.3, 0.4) is 0 Å². The Morgan fingerprint density at radius 2 is 2.08 bits per heavy atom. The topological polar surface area (TPSA) is 43.6 Å². The van der Waals surface area contributed by atoms with Crippen LogP contribution >= 0.6 is 11.6 Å². The zero-order chi connectivity index (χ0) is 9.26. The van der Waals surface area contributed by atoms with Gasteiger partial charge in [0.05, 0.1) is 0 Å².